The molecule has 0 fully saturated rings. The molecule has 0 bridgehead atoms. The average Bonchev–Trinajstić information content (AvgIpc) is 3.29. The summed E-state index contributed by atoms with van der Waals surface area (Å²) in [7, 11) is 0. The number of allylic oxidation sites excluding steroid dienone is 3. The Labute approximate surface area is 236 Å². The highest BCUT2D eigenvalue weighted by Crippen LogP contribution is 2.44. The first-order chi connectivity index (χ1) is 19.0. The maximum Gasteiger partial charge on any atom is 0.0732 e. The minimum absolute atomic E-state index is 0.204. The fourth-order valence-corrected chi connectivity index (χ4v) is 5.43. The second-order valence-electron chi connectivity index (χ2n) is 10.3. The summed E-state index contributed by atoms with van der Waals surface area (Å²) in [5.74, 6) is 3.40. The monoisotopic (exact) mass is 516 g/mol. The molecule has 3 aromatic rings. The Kier molecular flexibility index (Phi) is 11.3. The normalized spacial score (nSPS) is 12.5. The van der Waals surface area contributed by atoms with Crippen molar-refractivity contribution in [3.05, 3.63) is 109 Å². The van der Waals surface area contributed by atoms with E-state index in [1.165, 1.54) is 28.0 Å². The highest BCUT2D eigenvalue weighted by atomic mass is 15.1. The SMILES string of the molecule is C#CCC(CCC)CC(=C/CC)/C=C/c1c(-c2ccccc2)c(-c2ccccc2)c(C(=C)NC=C)n1C(C)C. The molecule has 0 aliphatic heterocycles. The zero-order chi connectivity index (χ0) is 28.2. The molecular weight excluding hydrogens is 472 g/mol. The summed E-state index contributed by atoms with van der Waals surface area (Å²) < 4.78 is 2.41. The van der Waals surface area contributed by atoms with Crippen molar-refractivity contribution < 1.29 is 0 Å². The molecule has 1 N–H and O–H groups in total. The lowest BCUT2D eigenvalue weighted by atomic mass is 9.91. The Bertz CT molecular complexity index is 1330. The summed E-state index contributed by atoms with van der Waals surface area (Å²) in [5.41, 5.74) is 9.14. The summed E-state index contributed by atoms with van der Waals surface area (Å²) in [6.45, 7) is 17.3. The van der Waals surface area contributed by atoms with Gasteiger partial charge in [-0.3, -0.25) is 0 Å². The van der Waals surface area contributed by atoms with Crippen molar-refractivity contribution in [3.63, 3.8) is 0 Å². The van der Waals surface area contributed by atoms with Crippen LogP contribution in [-0.4, -0.2) is 4.57 Å². The fraction of sp³-hybridized carbons (Fsp3) is 0.297. The van der Waals surface area contributed by atoms with Gasteiger partial charge in [0.05, 0.1) is 17.1 Å². The number of aromatic nitrogens is 1. The Morgan fingerprint density at radius 2 is 1.62 bits per heavy atom. The molecule has 0 aliphatic carbocycles. The van der Waals surface area contributed by atoms with E-state index in [9.17, 15) is 0 Å². The molecule has 0 saturated heterocycles. The molecule has 0 aliphatic rings. The van der Waals surface area contributed by atoms with Gasteiger partial charge in [0.25, 0.3) is 0 Å². The molecule has 1 unspecified atom stereocenters. The molecule has 39 heavy (non-hydrogen) atoms. The van der Waals surface area contributed by atoms with E-state index in [4.69, 9.17) is 6.42 Å². The average molecular weight is 517 g/mol. The Hall–Kier alpha value is -3.96. The molecule has 1 aromatic heterocycles. The predicted octanol–water partition coefficient (Wildman–Crippen LogP) is 10.3. The van der Waals surface area contributed by atoms with Gasteiger partial charge in [-0.25, -0.2) is 0 Å². The van der Waals surface area contributed by atoms with Gasteiger partial charge in [-0.2, -0.15) is 0 Å². The lowest BCUT2D eigenvalue weighted by molar-refractivity contribution is 0.490. The Morgan fingerprint density at radius 3 is 2.13 bits per heavy atom. The van der Waals surface area contributed by atoms with E-state index in [0.717, 1.165) is 49.1 Å². The van der Waals surface area contributed by atoms with E-state index in [0.29, 0.717) is 5.92 Å². The van der Waals surface area contributed by atoms with E-state index in [2.05, 4.69) is 136 Å². The van der Waals surface area contributed by atoms with Crippen LogP contribution in [0.25, 0.3) is 34.0 Å². The van der Waals surface area contributed by atoms with Gasteiger partial charge in [-0.15, -0.1) is 12.3 Å². The first-order valence-electron chi connectivity index (χ1n) is 14.2. The van der Waals surface area contributed by atoms with Crippen LogP contribution in [0.15, 0.2) is 97.7 Å². The van der Waals surface area contributed by atoms with Crippen LogP contribution in [0, 0.1) is 18.3 Å². The fourth-order valence-electron chi connectivity index (χ4n) is 5.43. The van der Waals surface area contributed by atoms with Crippen molar-refractivity contribution >= 4 is 11.8 Å². The van der Waals surface area contributed by atoms with Crippen LogP contribution in [-0.2, 0) is 0 Å². The molecule has 2 aromatic carbocycles. The Morgan fingerprint density at radius 1 is 1.00 bits per heavy atom. The smallest absolute Gasteiger partial charge is 0.0732 e. The number of rotatable bonds is 14. The van der Waals surface area contributed by atoms with Gasteiger partial charge in [0, 0.05) is 23.6 Å². The van der Waals surface area contributed by atoms with Crippen molar-refractivity contribution in [2.75, 3.05) is 0 Å². The van der Waals surface area contributed by atoms with E-state index in [1.54, 1.807) is 6.20 Å². The number of benzene rings is 2. The highest BCUT2D eigenvalue weighted by Gasteiger charge is 2.26. The highest BCUT2D eigenvalue weighted by molar-refractivity contribution is 5.96. The predicted molar refractivity (Wildman–Crippen MR) is 172 cm³/mol. The molecule has 0 radical (unpaired) electrons. The third-order valence-corrected chi connectivity index (χ3v) is 7.00. The lowest BCUT2D eigenvalue weighted by Gasteiger charge is -2.19. The summed E-state index contributed by atoms with van der Waals surface area (Å²) in [6.07, 6.45) is 19.5. The maximum atomic E-state index is 5.73. The lowest BCUT2D eigenvalue weighted by Crippen LogP contribution is -2.12. The van der Waals surface area contributed by atoms with Gasteiger partial charge < -0.3 is 9.88 Å². The molecule has 2 heteroatoms. The van der Waals surface area contributed by atoms with Gasteiger partial charge in [-0.1, -0.05) is 112 Å². The molecule has 0 amide bonds. The first kappa shape index (κ1) is 29.6. The molecule has 0 spiro atoms. The summed E-state index contributed by atoms with van der Waals surface area (Å²) in [4.78, 5) is 0. The van der Waals surface area contributed by atoms with Gasteiger partial charge in [-0.05, 0) is 62.4 Å². The molecule has 1 atom stereocenters. The van der Waals surface area contributed by atoms with Crippen molar-refractivity contribution in [1.29, 1.82) is 0 Å². The van der Waals surface area contributed by atoms with Gasteiger partial charge in [0.1, 0.15) is 0 Å². The van der Waals surface area contributed by atoms with E-state index < -0.39 is 0 Å². The molecular formula is C37H44N2. The van der Waals surface area contributed by atoms with Crippen LogP contribution in [0.5, 0.6) is 0 Å². The standard InChI is InChI=1S/C37H44N2/c1-8-18-30(19-9-2)27-31(20-10-3)25-26-34-35(32-21-14-12-15-22-32)36(33-23-16-13-17-24-33)37(29(7)38-11-4)39(34)28(5)6/h1,11-17,20-26,28,30,38H,4,7,9-10,18-19,27H2,2-3,5-6H3/b26-25+,31-20+. The number of hydrogen-bond acceptors (Lipinski definition) is 1. The maximum absolute atomic E-state index is 5.73. The van der Waals surface area contributed by atoms with E-state index in [1.807, 2.05) is 0 Å². The third kappa shape index (κ3) is 7.33. The van der Waals surface area contributed by atoms with Crippen molar-refractivity contribution in [2.45, 2.75) is 65.8 Å². The first-order valence-corrected chi connectivity index (χ1v) is 14.2. The number of nitrogens with one attached hydrogen (secondary N) is 1. The van der Waals surface area contributed by atoms with Crippen LogP contribution < -0.4 is 5.32 Å². The quantitative estimate of drug-likeness (QED) is 0.167. The number of nitrogens with zero attached hydrogens (tertiary/aromatic N) is 1. The van der Waals surface area contributed by atoms with Gasteiger partial charge in [0.2, 0.25) is 0 Å². The summed E-state index contributed by atoms with van der Waals surface area (Å²) >= 11 is 0. The van der Waals surface area contributed by atoms with Gasteiger partial charge in [0.15, 0.2) is 0 Å². The number of terminal acetylenes is 1. The van der Waals surface area contributed by atoms with Crippen LogP contribution in [0.4, 0.5) is 0 Å². The minimum atomic E-state index is 0.204. The third-order valence-electron chi connectivity index (χ3n) is 7.00. The zero-order valence-electron chi connectivity index (χ0n) is 24.2. The van der Waals surface area contributed by atoms with Crippen molar-refractivity contribution in [3.8, 4) is 34.6 Å². The largest absolute Gasteiger partial charge is 0.361 e. The van der Waals surface area contributed by atoms with Crippen LogP contribution >= 0.6 is 0 Å². The van der Waals surface area contributed by atoms with Crippen LogP contribution in [0.1, 0.15) is 77.2 Å². The van der Waals surface area contributed by atoms with Gasteiger partial charge >= 0.3 is 0 Å². The number of hydrogen-bond donors (Lipinski definition) is 1. The molecule has 2 nitrogen and oxygen atoms in total. The van der Waals surface area contributed by atoms with Crippen LogP contribution in [0.3, 0.4) is 0 Å². The molecule has 202 valence electrons. The van der Waals surface area contributed by atoms with E-state index >= 15 is 0 Å². The zero-order valence-corrected chi connectivity index (χ0v) is 24.2. The molecule has 3 rings (SSSR count). The van der Waals surface area contributed by atoms with Crippen molar-refractivity contribution in [1.82, 2.24) is 9.88 Å². The van der Waals surface area contributed by atoms with Crippen molar-refractivity contribution in [2.24, 2.45) is 5.92 Å². The minimum Gasteiger partial charge on any atom is -0.361 e. The summed E-state index contributed by atoms with van der Waals surface area (Å²) in [6, 6.07) is 21.5. The Balaban J connectivity index is 2.33. The second-order valence-corrected chi connectivity index (χ2v) is 10.3. The topological polar surface area (TPSA) is 17.0 Å². The molecule has 1 heterocycles. The van der Waals surface area contributed by atoms with Crippen LogP contribution in [0.2, 0.25) is 0 Å². The second kappa shape index (κ2) is 14.8. The summed E-state index contributed by atoms with van der Waals surface area (Å²) in [5, 5.41) is 3.29. The van der Waals surface area contributed by atoms with E-state index in [-0.39, 0.29) is 6.04 Å². The molecule has 0 saturated carbocycles.